The van der Waals surface area contributed by atoms with Crippen LogP contribution in [0.5, 0.6) is 5.75 Å². The Morgan fingerprint density at radius 2 is 1.57 bits per heavy atom. The largest absolute Gasteiger partial charge is 0.493 e. The smallest absolute Gasteiger partial charge is 0.350 e. The summed E-state index contributed by atoms with van der Waals surface area (Å²) in [6, 6.07) is 19.9. The third-order valence-electron chi connectivity index (χ3n) is 10.2. The topological polar surface area (TPSA) is 95.5 Å². The number of aromatic nitrogens is 6. The Morgan fingerprint density at radius 3 is 2.18 bits per heavy atom. The van der Waals surface area contributed by atoms with Crippen molar-refractivity contribution in [3.8, 4) is 11.4 Å². The molecule has 4 heterocycles. The van der Waals surface area contributed by atoms with Gasteiger partial charge in [-0.15, -0.1) is 0 Å². The minimum absolute atomic E-state index is 0.00301. The first kappa shape index (κ1) is 34.4. The zero-order valence-corrected chi connectivity index (χ0v) is 29.2. The SMILES string of the molecule is CC[C@@H](C(C)C)n1ncn(-c2ccc(N3CCN(c4ccc(OCC5CO[C@@](Cn6cncn6)(c6ccc(F)cc6F)C5)cc4)CC3)cc2)c1=O. The van der Waals surface area contributed by atoms with Crippen molar-refractivity contribution >= 4 is 11.4 Å². The Kier molecular flexibility index (Phi) is 9.90. The second-order valence-electron chi connectivity index (χ2n) is 13.8. The molecule has 5 aromatic rings. The molecule has 0 radical (unpaired) electrons. The summed E-state index contributed by atoms with van der Waals surface area (Å²) in [7, 11) is 0. The van der Waals surface area contributed by atoms with E-state index in [-0.39, 0.29) is 24.2 Å². The number of halogens is 2. The fraction of sp³-hybridized carbons (Fsp3) is 0.421. The highest BCUT2D eigenvalue weighted by atomic mass is 19.1. The fourth-order valence-corrected chi connectivity index (χ4v) is 7.45. The lowest BCUT2D eigenvalue weighted by atomic mass is 9.87. The van der Waals surface area contributed by atoms with Gasteiger partial charge in [-0.2, -0.15) is 10.2 Å². The lowest BCUT2D eigenvalue weighted by Gasteiger charge is -2.37. The van der Waals surface area contributed by atoms with Crippen molar-refractivity contribution in [3.05, 3.63) is 113 Å². The van der Waals surface area contributed by atoms with Gasteiger partial charge in [-0.25, -0.2) is 32.5 Å². The van der Waals surface area contributed by atoms with Gasteiger partial charge in [0.15, 0.2) is 0 Å². The van der Waals surface area contributed by atoms with Gasteiger partial charge in [0.05, 0.1) is 31.5 Å². The summed E-state index contributed by atoms with van der Waals surface area (Å²) in [6.45, 7) is 10.8. The highest BCUT2D eigenvalue weighted by Crippen LogP contribution is 2.42. The molecule has 3 atom stereocenters. The van der Waals surface area contributed by atoms with Gasteiger partial charge in [-0.05, 0) is 73.4 Å². The fourth-order valence-electron chi connectivity index (χ4n) is 7.45. The van der Waals surface area contributed by atoms with Crippen molar-refractivity contribution in [1.29, 1.82) is 0 Å². The summed E-state index contributed by atoms with van der Waals surface area (Å²) < 4.78 is 46.0. The molecule has 2 aromatic heterocycles. The van der Waals surface area contributed by atoms with Gasteiger partial charge in [-0.3, -0.25) is 0 Å². The number of hydrogen-bond acceptors (Lipinski definition) is 8. The molecule has 13 heteroatoms. The molecule has 0 aliphatic carbocycles. The first-order valence-corrected chi connectivity index (χ1v) is 17.6. The van der Waals surface area contributed by atoms with E-state index in [2.05, 4.69) is 70.0 Å². The number of nitrogens with zero attached hydrogens (tertiary/aromatic N) is 8. The van der Waals surface area contributed by atoms with Gasteiger partial charge in [-0.1, -0.05) is 26.8 Å². The quantitative estimate of drug-likeness (QED) is 0.160. The van der Waals surface area contributed by atoms with E-state index in [9.17, 15) is 13.6 Å². The molecule has 0 saturated carbocycles. The Labute approximate surface area is 296 Å². The van der Waals surface area contributed by atoms with E-state index in [1.54, 1.807) is 26.6 Å². The standard InChI is InChI=1S/C38H44F2N8O3/c1-4-36(27(2)3)48-37(49)47(26-43-48)32-8-6-30(7-9-32)44-15-17-45(18-16-44)31-10-12-33(13-11-31)50-21-28-20-38(51-22-28,23-46-25-41-24-42-46)34-14-5-29(39)19-35(34)40/h5-14,19,24-28,36H,4,15-18,20-23H2,1-3H3/t28?,36-,38-/m0/s1. The van der Waals surface area contributed by atoms with Crippen LogP contribution in [-0.2, 0) is 16.9 Å². The van der Waals surface area contributed by atoms with Crippen LogP contribution in [0.2, 0.25) is 0 Å². The van der Waals surface area contributed by atoms with Gasteiger partial charge >= 0.3 is 5.69 Å². The lowest BCUT2D eigenvalue weighted by Crippen LogP contribution is -2.46. The average molecular weight is 699 g/mol. The number of ether oxygens (including phenoxy) is 2. The molecule has 1 unspecified atom stereocenters. The van der Waals surface area contributed by atoms with Crippen LogP contribution in [0.15, 0.2) is 90.5 Å². The predicted molar refractivity (Wildman–Crippen MR) is 190 cm³/mol. The van der Waals surface area contributed by atoms with Crippen molar-refractivity contribution in [3.63, 3.8) is 0 Å². The Bertz CT molecular complexity index is 1950. The number of hydrogen-bond donors (Lipinski definition) is 0. The Hall–Kier alpha value is -5.04. The molecule has 0 N–H and O–H groups in total. The number of anilines is 2. The second-order valence-corrected chi connectivity index (χ2v) is 13.8. The van der Waals surface area contributed by atoms with Crippen LogP contribution in [0.1, 0.15) is 45.2 Å². The Morgan fingerprint density at radius 1 is 0.902 bits per heavy atom. The molecule has 2 aliphatic heterocycles. The molecular weight excluding hydrogens is 654 g/mol. The maximum absolute atomic E-state index is 15.0. The number of rotatable bonds is 12. The first-order chi connectivity index (χ1) is 24.7. The zero-order chi connectivity index (χ0) is 35.5. The van der Waals surface area contributed by atoms with Crippen molar-refractivity contribution in [2.45, 2.75) is 51.8 Å². The van der Waals surface area contributed by atoms with Crippen LogP contribution in [-0.4, -0.2) is 68.5 Å². The first-order valence-electron chi connectivity index (χ1n) is 17.6. The van der Waals surface area contributed by atoms with E-state index < -0.39 is 17.2 Å². The summed E-state index contributed by atoms with van der Waals surface area (Å²) in [5, 5.41) is 8.60. The van der Waals surface area contributed by atoms with Gasteiger partial charge in [0.2, 0.25) is 0 Å². The molecule has 2 saturated heterocycles. The molecule has 0 spiro atoms. The number of piperazine rings is 1. The third kappa shape index (κ3) is 7.25. The maximum Gasteiger partial charge on any atom is 0.350 e. The zero-order valence-electron chi connectivity index (χ0n) is 29.2. The van der Waals surface area contributed by atoms with Crippen molar-refractivity contribution in [1.82, 2.24) is 29.1 Å². The van der Waals surface area contributed by atoms with Crippen molar-refractivity contribution in [2.24, 2.45) is 11.8 Å². The summed E-state index contributed by atoms with van der Waals surface area (Å²) in [5.41, 5.74) is 2.24. The molecule has 7 rings (SSSR count). The molecule has 0 amide bonds. The molecule has 2 aliphatic rings. The van der Waals surface area contributed by atoms with Crippen molar-refractivity contribution < 1.29 is 18.3 Å². The van der Waals surface area contributed by atoms with Gasteiger partial charge in [0.25, 0.3) is 0 Å². The third-order valence-corrected chi connectivity index (χ3v) is 10.2. The highest BCUT2D eigenvalue weighted by Gasteiger charge is 2.44. The van der Waals surface area contributed by atoms with Crippen molar-refractivity contribution in [2.75, 3.05) is 49.2 Å². The van der Waals surface area contributed by atoms with Crippen LogP contribution >= 0.6 is 0 Å². The maximum atomic E-state index is 15.0. The van der Waals surface area contributed by atoms with Gasteiger partial charge in [0, 0.05) is 55.1 Å². The van der Waals surface area contributed by atoms with Gasteiger partial charge in [0.1, 0.15) is 42.0 Å². The lowest BCUT2D eigenvalue weighted by molar-refractivity contribution is -0.0206. The molecule has 0 bridgehead atoms. The summed E-state index contributed by atoms with van der Waals surface area (Å²) in [4.78, 5) is 21.8. The summed E-state index contributed by atoms with van der Waals surface area (Å²) in [6.07, 6.45) is 5.94. The van der Waals surface area contributed by atoms with Gasteiger partial charge < -0.3 is 19.3 Å². The molecule has 2 fully saturated rings. The average Bonchev–Trinajstić information content (AvgIpc) is 3.90. The van der Waals surface area contributed by atoms with E-state index in [4.69, 9.17) is 9.47 Å². The van der Waals surface area contributed by atoms with Crippen LogP contribution in [0.3, 0.4) is 0 Å². The molecular formula is C38H44F2N8O3. The van der Waals surface area contributed by atoms with E-state index >= 15 is 0 Å². The van der Waals surface area contributed by atoms with E-state index in [0.717, 1.165) is 61.5 Å². The number of benzene rings is 3. The van der Waals surface area contributed by atoms with Crippen LogP contribution < -0.4 is 20.2 Å². The predicted octanol–water partition coefficient (Wildman–Crippen LogP) is 5.85. The molecule has 51 heavy (non-hydrogen) atoms. The minimum Gasteiger partial charge on any atom is -0.493 e. The summed E-state index contributed by atoms with van der Waals surface area (Å²) >= 11 is 0. The normalized spacial score (nSPS) is 19.9. The van der Waals surface area contributed by atoms with Crippen LogP contribution in [0.4, 0.5) is 20.2 Å². The monoisotopic (exact) mass is 698 g/mol. The second kappa shape index (κ2) is 14.7. The Balaban J connectivity index is 0.923. The summed E-state index contributed by atoms with van der Waals surface area (Å²) in [5.74, 6) is -0.205. The van der Waals surface area contributed by atoms with E-state index in [1.165, 1.54) is 18.5 Å². The molecule has 268 valence electrons. The molecule has 11 nitrogen and oxygen atoms in total. The van der Waals surface area contributed by atoms with E-state index in [1.807, 2.05) is 24.3 Å². The minimum atomic E-state index is -1.01. The van der Waals surface area contributed by atoms with Crippen LogP contribution in [0, 0.1) is 23.5 Å². The van der Waals surface area contributed by atoms with Crippen LogP contribution in [0.25, 0.3) is 5.69 Å². The highest BCUT2D eigenvalue weighted by molar-refractivity contribution is 5.54. The van der Waals surface area contributed by atoms with E-state index in [0.29, 0.717) is 31.1 Å². The molecule has 3 aromatic carbocycles.